The largest absolute Gasteiger partial charge is 0.345 e. The van der Waals surface area contributed by atoms with Crippen LogP contribution in [0, 0.1) is 17.5 Å². The molecular formula is C24H18F3N7O3S. The zero-order valence-corrected chi connectivity index (χ0v) is 20.4. The number of H-pyrrole nitrogens is 2. The number of hydrogen-bond donors (Lipinski definition) is 3. The van der Waals surface area contributed by atoms with E-state index in [4.69, 9.17) is 0 Å². The molecule has 38 heavy (non-hydrogen) atoms. The maximum absolute atomic E-state index is 15.5. The summed E-state index contributed by atoms with van der Waals surface area (Å²) in [6, 6.07) is 6.03. The summed E-state index contributed by atoms with van der Waals surface area (Å²) in [7, 11) is -4.60. The first-order valence-electron chi connectivity index (χ1n) is 11.1. The second-order valence-electron chi connectivity index (χ2n) is 7.97. The van der Waals surface area contributed by atoms with Crippen LogP contribution in [0.15, 0.2) is 66.2 Å². The first kappa shape index (κ1) is 25.0. The van der Waals surface area contributed by atoms with Crippen LogP contribution in [-0.4, -0.2) is 45.9 Å². The van der Waals surface area contributed by atoms with Gasteiger partial charge in [0.2, 0.25) is 5.78 Å². The lowest BCUT2D eigenvalue weighted by Crippen LogP contribution is -2.19. The molecule has 0 spiro atoms. The van der Waals surface area contributed by atoms with Crippen LogP contribution in [0.5, 0.6) is 0 Å². The van der Waals surface area contributed by atoms with Crippen molar-refractivity contribution in [3.8, 4) is 0 Å². The molecule has 2 aromatic carbocycles. The predicted octanol–water partition coefficient (Wildman–Crippen LogP) is 4.29. The van der Waals surface area contributed by atoms with Crippen LogP contribution in [0.25, 0.3) is 11.0 Å². The van der Waals surface area contributed by atoms with E-state index < -0.39 is 49.4 Å². The van der Waals surface area contributed by atoms with Crippen LogP contribution in [-0.2, 0) is 10.0 Å². The molecule has 0 amide bonds. The SMILES string of the molecule is CCN(c1cn[nH]c1)c1ncnc2[nH]cc(C(=O)c3c(F)ccc(NS(=O)(=O)c4ccccc4F)c3F)c12. The summed E-state index contributed by atoms with van der Waals surface area (Å²) in [5.74, 6) is -4.57. The third-order valence-electron chi connectivity index (χ3n) is 5.75. The van der Waals surface area contributed by atoms with Crippen molar-refractivity contribution in [1.29, 1.82) is 0 Å². The predicted molar refractivity (Wildman–Crippen MR) is 132 cm³/mol. The summed E-state index contributed by atoms with van der Waals surface area (Å²) in [4.78, 5) is 25.7. The standard InChI is InChI=1S/C24H18F3N7O3S/c1-2-34(13-9-31-32-10-13)24-19-14(11-28-23(19)29-12-30-24)22(35)20-16(26)7-8-17(21(20)27)33-38(36,37)18-6-4-3-5-15(18)25/h3-12,33H,2H2,1H3,(H,31,32)(H,28,29,30). The van der Waals surface area contributed by atoms with Crippen LogP contribution < -0.4 is 9.62 Å². The number of hydrogen-bond acceptors (Lipinski definition) is 7. The molecule has 3 heterocycles. The number of aromatic nitrogens is 5. The number of carbonyl (C=O) groups excluding carboxylic acids is 1. The van der Waals surface area contributed by atoms with Gasteiger partial charge in [-0.25, -0.2) is 31.6 Å². The van der Waals surface area contributed by atoms with E-state index in [-0.39, 0.29) is 22.4 Å². The molecule has 194 valence electrons. The van der Waals surface area contributed by atoms with Crippen molar-refractivity contribution in [2.75, 3.05) is 16.2 Å². The first-order valence-corrected chi connectivity index (χ1v) is 12.6. The topological polar surface area (TPSA) is 137 Å². The number of sulfonamides is 1. The average molecular weight is 542 g/mol. The molecule has 14 heteroatoms. The smallest absolute Gasteiger partial charge is 0.264 e. The fourth-order valence-corrected chi connectivity index (χ4v) is 5.15. The Bertz CT molecular complexity index is 1770. The van der Waals surface area contributed by atoms with E-state index in [9.17, 15) is 22.0 Å². The second-order valence-corrected chi connectivity index (χ2v) is 9.62. The minimum absolute atomic E-state index is 0.149. The molecule has 0 radical (unpaired) electrons. The number of carbonyl (C=O) groups is 1. The minimum Gasteiger partial charge on any atom is -0.345 e. The van der Waals surface area contributed by atoms with E-state index in [2.05, 4.69) is 25.1 Å². The van der Waals surface area contributed by atoms with E-state index >= 15 is 4.39 Å². The summed E-state index contributed by atoms with van der Waals surface area (Å²) in [5.41, 5.74) is -1.04. The molecule has 5 rings (SSSR count). The Labute approximate surface area is 213 Å². The molecule has 0 saturated heterocycles. The highest BCUT2D eigenvalue weighted by Crippen LogP contribution is 2.34. The summed E-state index contributed by atoms with van der Waals surface area (Å²) in [6.45, 7) is 2.24. The lowest BCUT2D eigenvalue weighted by Gasteiger charge is -2.21. The van der Waals surface area contributed by atoms with Crippen molar-refractivity contribution >= 4 is 44.0 Å². The van der Waals surface area contributed by atoms with Crippen molar-refractivity contribution in [1.82, 2.24) is 25.1 Å². The Kier molecular flexibility index (Phi) is 6.32. The molecule has 0 bridgehead atoms. The highest BCUT2D eigenvalue weighted by molar-refractivity contribution is 7.92. The fraction of sp³-hybridized carbons (Fsp3) is 0.0833. The summed E-state index contributed by atoms with van der Waals surface area (Å²) >= 11 is 0. The van der Waals surface area contributed by atoms with Crippen molar-refractivity contribution in [2.45, 2.75) is 11.8 Å². The first-order chi connectivity index (χ1) is 18.2. The van der Waals surface area contributed by atoms with E-state index in [1.54, 1.807) is 11.1 Å². The molecule has 0 aliphatic heterocycles. The lowest BCUT2D eigenvalue weighted by atomic mass is 10.0. The van der Waals surface area contributed by atoms with Gasteiger partial charge in [0.15, 0.2) is 5.82 Å². The van der Waals surface area contributed by atoms with Crippen LogP contribution in [0.1, 0.15) is 22.8 Å². The highest BCUT2D eigenvalue weighted by Gasteiger charge is 2.29. The Morgan fingerprint density at radius 1 is 1.05 bits per heavy atom. The molecule has 0 aliphatic rings. The summed E-state index contributed by atoms with van der Waals surface area (Å²) < 4.78 is 71.7. The third-order valence-corrected chi connectivity index (χ3v) is 7.15. The number of aromatic amines is 2. The molecule has 0 unspecified atom stereocenters. The van der Waals surface area contributed by atoms with Crippen LogP contribution in [0.4, 0.5) is 30.4 Å². The summed E-state index contributed by atoms with van der Waals surface area (Å²) in [5, 5.41) is 6.79. The maximum atomic E-state index is 15.5. The minimum atomic E-state index is -4.60. The normalized spacial score (nSPS) is 11.6. The van der Waals surface area contributed by atoms with Gasteiger partial charge in [-0.15, -0.1) is 0 Å². The number of fused-ring (bicyclic) bond motifs is 1. The molecule has 3 N–H and O–H groups in total. The van der Waals surface area contributed by atoms with Crippen LogP contribution in [0.3, 0.4) is 0 Å². The Balaban J connectivity index is 1.60. The van der Waals surface area contributed by atoms with Gasteiger partial charge >= 0.3 is 0 Å². The van der Waals surface area contributed by atoms with E-state index in [1.807, 2.05) is 11.6 Å². The second kappa shape index (κ2) is 9.63. The summed E-state index contributed by atoms with van der Waals surface area (Å²) in [6.07, 6.45) is 5.65. The molecule has 5 aromatic rings. The molecule has 0 aliphatic carbocycles. The fourth-order valence-electron chi connectivity index (χ4n) is 4.01. The zero-order chi connectivity index (χ0) is 27.0. The van der Waals surface area contributed by atoms with Crippen molar-refractivity contribution in [2.24, 2.45) is 0 Å². The highest BCUT2D eigenvalue weighted by atomic mass is 32.2. The number of anilines is 3. The molecule has 0 atom stereocenters. The van der Waals surface area contributed by atoms with Gasteiger partial charge < -0.3 is 9.88 Å². The number of rotatable bonds is 8. The van der Waals surface area contributed by atoms with Crippen LogP contribution >= 0.6 is 0 Å². The van der Waals surface area contributed by atoms with Crippen molar-refractivity contribution in [3.05, 3.63) is 89.9 Å². The molecule has 10 nitrogen and oxygen atoms in total. The van der Waals surface area contributed by atoms with E-state index in [0.29, 0.717) is 12.2 Å². The monoisotopic (exact) mass is 541 g/mol. The molecule has 0 fully saturated rings. The van der Waals surface area contributed by atoms with Crippen molar-refractivity contribution in [3.63, 3.8) is 0 Å². The van der Waals surface area contributed by atoms with Crippen LogP contribution in [0.2, 0.25) is 0 Å². The number of nitrogens with zero attached hydrogens (tertiary/aromatic N) is 4. The number of halogens is 3. The van der Waals surface area contributed by atoms with Gasteiger partial charge in [-0.1, -0.05) is 12.1 Å². The Hall–Kier alpha value is -4.72. The number of benzene rings is 2. The zero-order valence-electron chi connectivity index (χ0n) is 19.5. The average Bonchev–Trinajstić information content (AvgIpc) is 3.57. The molecule has 0 saturated carbocycles. The quantitative estimate of drug-likeness (QED) is 0.249. The molecular weight excluding hydrogens is 523 g/mol. The Morgan fingerprint density at radius 2 is 1.84 bits per heavy atom. The number of nitrogens with one attached hydrogen (secondary N) is 3. The molecule has 3 aromatic heterocycles. The van der Waals surface area contributed by atoms with Gasteiger partial charge in [0, 0.05) is 18.9 Å². The van der Waals surface area contributed by atoms with Gasteiger partial charge in [-0.05, 0) is 31.2 Å². The van der Waals surface area contributed by atoms with Gasteiger partial charge in [0.05, 0.1) is 34.1 Å². The Morgan fingerprint density at radius 3 is 2.55 bits per heavy atom. The lowest BCUT2D eigenvalue weighted by molar-refractivity contribution is 0.103. The maximum Gasteiger partial charge on any atom is 0.264 e. The third kappa shape index (κ3) is 4.24. The van der Waals surface area contributed by atoms with E-state index in [0.717, 1.165) is 24.3 Å². The van der Waals surface area contributed by atoms with Gasteiger partial charge in [0.25, 0.3) is 10.0 Å². The van der Waals surface area contributed by atoms with Gasteiger partial charge in [-0.2, -0.15) is 5.10 Å². The number of ketones is 1. The van der Waals surface area contributed by atoms with Gasteiger partial charge in [-0.3, -0.25) is 14.6 Å². The van der Waals surface area contributed by atoms with Crippen molar-refractivity contribution < 1.29 is 26.4 Å². The van der Waals surface area contributed by atoms with E-state index in [1.165, 1.54) is 30.9 Å². The van der Waals surface area contributed by atoms with Gasteiger partial charge in [0.1, 0.15) is 34.3 Å².